The highest BCUT2D eigenvalue weighted by atomic mass is 19.1. The molecule has 1 aliphatic rings. The summed E-state index contributed by atoms with van der Waals surface area (Å²) in [6.07, 6.45) is 1.08. The molecule has 0 bridgehead atoms. The molecule has 126 valence electrons. The number of halogens is 1. The van der Waals surface area contributed by atoms with Crippen LogP contribution in [0.1, 0.15) is 31.4 Å². The van der Waals surface area contributed by atoms with Gasteiger partial charge in [-0.2, -0.15) is 0 Å². The van der Waals surface area contributed by atoms with Crippen LogP contribution in [-0.4, -0.2) is 48.9 Å². The van der Waals surface area contributed by atoms with Gasteiger partial charge in [0.25, 0.3) is 0 Å². The van der Waals surface area contributed by atoms with Crippen molar-refractivity contribution in [1.82, 2.24) is 15.1 Å². The van der Waals surface area contributed by atoms with E-state index >= 15 is 0 Å². The molecule has 0 aliphatic carbocycles. The van der Waals surface area contributed by atoms with E-state index < -0.39 is 0 Å². The van der Waals surface area contributed by atoms with Crippen LogP contribution in [0, 0.1) is 11.7 Å². The van der Waals surface area contributed by atoms with Gasteiger partial charge in [0.05, 0.1) is 6.04 Å². The molecular formula is C17H24FN3O2. The maximum absolute atomic E-state index is 13.5. The number of hydrogen-bond acceptors (Lipinski definition) is 2. The van der Waals surface area contributed by atoms with Crippen molar-refractivity contribution in [2.24, 2.45) is 5.92 Å². The Balaban J connectivity index is 1.99. The predicted molar refractivity (Wildman–Crippen MR) is 86.3 cm³/mol. The second-order valence-electron chi connectivity index (χ2n) is 6.33. The van der Waals surface area contributed by atoms with E-state index in [1.165, 1.54) is 17.0 Å². The van der Waals surface area contributed by atoms with Gasteiger partial charge < -0.3 is 15.1 Å². The number of amides is 3. The van der Waals surface area contributed by atoms with E-state index in [-0.39, 0.29) is 30.2 Å². The monoisotopic (exact) mass is 321 g/mol. The van der Waals surface area contributed by atoms with Crippen molar-refractivity contribution < 1.29 is 14.0 Å². The van der Waals surface area contributed by atoms with E-state index in [1.54, 1.807) is 25.1 Å². The normalized spacial score (nSPS) is 20.4. The number of rotatable bonds is 4. The third-order valence-corrected chi connectivity index (χ3v) is 4.12. The zero-order valence-corrected chi connectivity index (χ0v) is 13.9. The minimum absolute atomic E-state index is 0.0261. The molecule has 6 heteroatoms. The lowest BCUT2D eigenvalue weighted by atomic mass is 10.0. The summed E-state index contributed by atoms with van der Waals surface area (Å²) in [5.74, 6) is 0.0400. The molecule has 1 aromatic rings. The first kappa shape index (κ1) is 17.2. The van der Waals surface area contributed by atoms with Gasteiger partial charge in [-0.1, -0.05) is 19.1 Å². The quantitative estimate of drug-likeness (QED) is 0.926. The fourth-order valence-electron chi connectivity index (χ4n) is 2.90. The van der Waals surface area contributed by atoms with Crippen LogP contribution < -0.4 is 5.32 Å². The van der Waals surface area contributed by atoms with Gasteiger partial charge in [-0.15, -0.1) is 0 Å². The highest BCUT2D eigenvalue weighted by Gasteiger charge is 2.34. The first-order valence-electron chi connectivity index (χ1n) is 7.88. The minimum Gasteiger partial charge on any atom is -0.349 e. The zero-order chi connectivity index (χ0) is 17.0. The van der Waals surface area contributed by atoms with Crippen molar-refractivity contribution >= 4 is 11.9 Å². The molecule has 1 heterocycles. The van der Waals surface area contributed by atoms with E-state index in [0.717, 1.165) is 12.0 Å². The summed E-state index contributed by atoms with van der Waals surface area (Å²) in [5, 5.41) is 2.79. The van der Waals surface area contributed by atoms with Gasteiger partial charge >= 0.3 is 6.03 Å². The van der Waals surface area contributed by atoms with Gasteiger partial charge in [-0.05, 0) is 30.0 Å². The fraction of sp³-hybridized carbons (Fsp3) is 0.529. The number of urea groups is 1. The van der Waals surface area contributed by atoms with Crippen LogP contribution in [-0.2, 0) is 4.79 Å². The summed E-state index contributed by atoms with van der Waals surface area (Å²) >= 11 is 0. The van der Waals surface area contributed by atoms with Crippen molar-refractivity contribution in [2.45, 2.75) is 25.8 Å². The van der Waals surface area contributed by atoms with Gasteiger partial charge in [0, 0.05) is 33.6 Å². The summed E-state index contributed by atoms with van der Waals surface area (Å²) in [7, 11) is 3.37. The first-order chi connectivity index (χ1) is 10.9. The number of hydrogen-bond donors (Lipinski definition) is 1. The zero-order valence-electron chi connectivity index (χ0n) is 13.9. The number of likely N-dealkylation sites (tertiary alicyclic amines) is 1. The second-order valence-corrected chi connectivity index (χ2v) is 6.33. The van der Waals surface area contributed by atoms with E-state index in [2.05, 4.69) is 12.2 Å². The van der Waals surface area contributed by atoms with Crippen LogP contribution in [0.2, 0.25) is 0 Å². The van der Waals surface area contributed by atoms with Crippen LogP contribution >= 0.6 is 0 Å². The molecule has 0 saturated carbocycles. The van der Waals surface area contributed by atoms with Crippen molar-refractivity contribution in [3.63, 3.8) is 0 Å². The Hall–Kier alpha value is -2.11. The van der Waals surface area contributed by atoms with Crippen molar-refractivity contribution in [3.05, 3.63) is 35.6 Å². The summed E-state index contributed by atoms with van der Waals surface area (Å²) in [4.78, 5) is 27.2. The smallest absolute Gasteiger partial charge is 0.317 e. The lowest BCUT2D eigenvalue weighted by Gasteiger charge is -2.25. The number of carbonyl (C=O) groups excluding carboxylic acids is 2. The molecule has 0 radical (unpaired) electrons. The molecular weight excluding hydrogens is 297 g/mol. The second kappa shape index (κ2) is 7.44. The SMILES string of the molecule is C[C@H]1C[C@H](c2cccc(F)c2)N(C(=O)NCCC(=O)N(C)C)C1. The molecule has 1 aromatic carbocycles. The van der Waals surface area contributed by atoms with Crippen LogP contribution in [0.5, 0.6) is 0 Å². The molecule has 5 nitrogen and oxygen atoms in total. The average Bonchev–Trinajstić information content (AvgIpc) is 2.89. The minimum atomic E-state index is -0.293. The average molecular weight is 321 g/mol. The Morgan fingerprint density at radius 3 is 2.78 bits per heavy atom. The highest BCUT2D eigenvalue weighted by molar-refractivity contribution is 5.78. The van der Waals surface area contributed by atoms with Crippen molar-refractivity contribution in [1.29, 1.82) is 0 Å². The number of nitrogens with one attached hydrogen (secondary N) is 1. The molecule has 23 heavy (non-hydrogen) atoms. The van der Waals surface area contributed by atoms with Crippen molar-refractivity contribution in [3.8, 4) is 0 Å². The molecule has 1 N–H and O–H groups in total. The molecule has 2 atom stereocenters. The molecule has 1 aliphatic heterocycles. The standard InChI is InChI=1S/C17H24FN3O2/c1-12-9-15(13-5-4-6-14(18)10-13)21(11-12)17(23)19-8-7-16(22)20(2)3/h4-6,10,12,15H,7-9,11H2,1-3H3,(H,19,23)/t12-,15+/m0/s1. The Morgan fingerprint density at radius 2 is 2.13 bits per heavy atom. The number of carbonyl (C=O) groups is 2. The Bertz CT molecular complexity index is 577. The number of benzene rings is 1. The molecule has 0 unspecified atom stereocenters. The molecule has 3 amide bonds. The summed E-state index contributed by atoms with van der Waals surface area (Å²) in [6, 6.07) is 6.08. The summed E-state index contributed by atoms with van der Waals surface area (Å²) in [5.41, 5.74) is 0.814. The van der Waals surface area contributed by atoms with E-state index in [9.17, 15) is 14.0 Å². The molecule has 1 saturated heterocycles. The molecule has 1 fully saturated rings. The van der Waals surface area contributed by atoms with Gasteiger partial charge in [0.2, 0.25) is 5.91 Å². The Kier molecular flexibility index (Phi) is 5.58. The van der Waals surface area contributed by atoms with Crippen molar-refractivity contribution in [2.75, 3.05) is 27.2 Å². The maximum Gasteiger partial charge on any atom is 0.317 e. The largest absolute Gasteiger partial charge is 0.349 e. The third-order valence-electron chi connectivity index (χ3n) is 4.12. The van der Waals surface area contributed by atoms with Crippen LogP contribution in [0.25, 0.3) is 0 Å². The molecule has 0 spiro atoms. The van der Waals surface area contributed by atoms with E-state index in [0.29, 0.717) is 19.0 Å². The predicted octanol–water partition coefficient (Wildman–Crippen LogP) is 2.40. The topological polar surface area (TPSA) is 52.7 Å². The molecule has 2 rings (SSSR count). The van der Waals surface area contributed by atoms with Gasteiger partial charge in [0.15, 0.2) is 0 Å². The Labute approximate surface area is 136 Å². The lowest BCUT2D eigenvalue weighted by Crippen LogP contribution is -2.41. The first-order valence-corrected chi connectivity index (χ1v) is 7.88. The van der Waals surface area contributed by atoms with Crippen LogP contribution in [0.4, 0.5) is 9.18 Å². The highest BCUT2D eigenvalue weighted by Crippen LogP contribution is 2.35. The summed E-state index contributed by atoms with van der Waals surface area (Å²) < 4.78 is 13.5. The number of nitrogens with zero attached hydrogens (tertiary/aromatic N) is 2. The van der Waals surface area contributed by atoms with Gasteiger partial charge in [0.1, 0.15) is 5.82 Å². The summed E-state index contributed by atoms with van der Waals surface area (Å²) in [6.45, 7) is 3.01. The van der Waals surface area contributed by atoms with E-state index in [4.69, 9.17) is 0 Å². The maximum atomic E-state index is 13.5. The fourth-order valence-corrected chi connectivity index (χ4v) is 2.90. The van der Waals surface area contributed by atoms with Gasteiger partial charge in [-0.3, -0.25) is 4.79 Å². The van der Waals surface area contributed by atoms with E-state index in [1.807, 2.05) is 6.07 Å². The van der Waals surface area contributed by atoms with Crippen LogP contribution in [0.15, 0.2) is 24.3 Å². The Morgan fingerprint density at radius 1 is 1.39 bits per heavy atom. The van der Waals surface area contributed by atoms with Crippen LogP contribution in [0.3, 0.4) is 0 Å². The third kappa shape index (κ3) is 4.43. The molecule has 0 aromatic heterocycles. The van der Waals surface area contributed by atoms with Gasteiger partial charge in [-0.25, -0.2) is 9.18 Å². The lowest BCUT2D eigenvalue weighted by molar-refractivity contribution is -0.128.